The van der Waals surface area contributed by atoms with Crippen molar-refractivity contribution in [2.75, 3.05) is 0 Å². The first kappa shape index (κ1) is 15.2. The smallest absolute Gasteiger partial charge is 0.257 e. The highest BCUT2D eigenvalue weighted by molar-refractivity contribution is 7.80. The molecular formula is C17H18N2OS. The summed E-state index contributed by atoms with van der Waals surface area (Å²) in [5.74, 6) is -0.198. The minimum atomic E-state index is -0.198. The summed E-state index contributed by atoms with van der Waals surface area (Å²) in [5, 5.41) is 6.24. The largest absolute Gasteiger partial charge is 0.356 e. The molecule has 1 amide bonds. The van der Waals surface area contributed by atoms with E-state index in [4.69, 9.17) is 12.2 Å². The van der Waals surface area contributed by atoms with Crippen molar-refractivity contribution in [3.63, 3.8) is 0 Å². The van der Waals surface area contributed by atoms with E-state index in [1.54, 1.807) is 12.1 Å². The van der Waals surface area contributed by atoms with Gasteiger partial charge in [-0.25, -0.2) is 0 Å². The molecule has 108 valence electrons. The standard InChI is InChI=1S/C17H18N2OS/c1-2-15(13-9-5-3-6-10-13)18-17(21)19-16(20)14-11-7-4-8-12-14/h3-12,15H,2H2,1H3,(H2,18,19,20,21). The molecule has 1 atom stereocenters. The van der Waals surface area contributed by atoms with Crippen molar-refractivity contribution in [3.05, 3.63) is 71.8 Å². The molecule has 0 aliphatic heterocycles. The molecule has 0 fully saturated rings. The van der Waals surface area contributed by atoms with Crippen molar-refractivity contribution in [1.29, 1.82) is 0 Å². The van der Waals surface area contributed by atoms with Gasteiger partial charge in [-0.05, 0) is 36.3 Å². The Morgan fingerprint density at radius 3 is 2.19 bits per heavy atom. The van der Waals surface area contributed by atoms with Gasteiger partial charge in [0.25, 0.3) is 5.91 Å². The normalized spacial score (nSPS) is 11.5. The third-order valence-electron chi connectivity index (χ3n) is 3.18. The van der Waals surface area contributed by atoms with Gasteiger partial charge >= 0.3 is 0 Å². The summed E-state index contributed by atoms with van der Waals surface area (Å²) in [6, 6.07) is 19.2. The monoisotopic (exact) mass is 298 g/mol. The summed E-state index contributed by atoms with van der Waals surface area (Å²) >= 11 is 5.23. The van der Waals surface area contributed by atoms with Crippen LogP contribution in [0.4, 0.5) is 0 Å². The second kappa shape index (κ2) is 7.55. The molecule has 21 heavy (non-hydrogen) atoms. The van der Waals surface area contributed by atoms with Crippen molar-refractivity contribution >= 4 is 23.2 Å². The second-order valence-corrected chi connectivity index (χ2v) is 5.07. The molecule has 0 saturated carbocycles. The predicted octanol–water partition coefficient (Wildman–Crippen LogP) is 3.44. The van der Waals surface area contributed by atoms with Crippen molar-refractivity contribution in [2.45, 2.75) is 19.4 Å². The number of benzene rings is 2. The lowest BCUT2D eigenvalue weighted by atomic mass is 10.1. The number of thiocarbonyl (C=S) groups is 1. The molecular weight excluding hydrogens is 280 g/mol. The lowest BCUT2D eigenvalue weighted by Gasteiger charge is -2.19. The molecule has 4 heteroatoms. The maximum absolute atomic E-state index is 12.0. The van der Waals surface area contributed by atoms with Gasteiger partial charge in [-0.3, -0.25) is 10.1 Å². The molecule has 0 radical (unpaired) electrons. The summed E-state index contributed by atoms with van der Waals surface area (Å²) in [4.78, 5) is 12.0. The zero-order valence-electron chi connectivity index (χ0n) is 11.9. The van der Waals surface area contributed by atoms with Crippen LogP contribution in [0.1, 0.15) is 35.3 Å². The van der Waals surface area contributed by atoms with Gasteiger partial charge in [-0.15, -0.1) is 0 Å². The van der Waals surface area contributed by atoms with Gasteiger partial charge < -0.3 is 5.32 Å². The fourth-order valence-electron chi connectivity index (χ4n) is 2.07. The van der Waals surface area contributed by atoms with Crippen molar-refractivity contribution in [3.8, 4) is 0 Å². The van der Waals surface area contributed by atoms with Crippen LogP contribution in [0.5, 0.6) is 0 Å². The van der Waals surface area contributed by atoms with Crippen molar-refractivity contribution in [1.82, 2.24) is 10.6 Å². The first-order chi connectivity index (χ1) is 10.2. The van der Waals surface area contributed by atoms with E-state index in [1.807, 2.05) is 48.5 Å². The van der Waals surface area contributed by atoms with E-state index in [0.29, 0.717) is 10.7 Å². The van der Waals surface area contributed by atoms with E-state index in [1.165, 1.54) is 0 Å². The van der Waals surface area contributed by atoms with Gasteiger partial charge in [0.1, 0.15) is 0 Å². The van der Waals surface area contributed by atoms with Crippen molar-refractivity contribution < 1.29 is 4.79 Å². The molecule has 3 nitrogen and oxygen atoms in total. The molecule has 0 aliphatic rings. The van der Waals surface area contributed by atoms with E-state index in [-0.39, 0.29) is 11.9 Å². The van der Waals surface area contributed by atoms with Gasteiger partial charge in [-0.2, -0.15) is 0 Å². The van der Waals surface area contributed by atoms with Crippen LogP contribution in [0.2, 0.25) is 0 Å². The Hall–Kier alpha value is -2.20. The topological polar surface area (TPSA) is 41.1 Å². The third-order valence-corrected chi connectivity index (χ3v) is 3.40. The number of carbonyl (C=O) groups is 1. The van der Waals surface area contributed by atoms with Crippen LogP contribution in [-0.4, -0.2) is 11.0 Å². The Morgan fingerprint density at radius 1 is 1.05 bits per heavy atom. The molecule has 1 unspecified atom stereocenters. The average Bonchev–Trinajstić information content (AvgIpc) is 2.54. The summed E-state index contributed by atoms with van der Waals surface area (Å²) in [6.45, 7) is 2.08. The number of carbonyl (C=O) groups excluding carboxylic acids is 1. The maximum atomic E-state index is 12.0. The molecule has 0 heterocycles. The Morgan fingerprint density at radius 2 is 1.62 bits per heavy atom. The summed E-state index contributed by atoms with van der Waals surface area (Å²) in [7, 11) is 0. The molecule has 2 aromatic rings. The van der Waals surface area contributed by atoms with Gasteiger partial charge in [0.05, 0.1) is 6.04 Å². The Balaban J connectivity index is 1.96. The minimum absolute atomic E-state index is 0.0924. The lowest BCUT2D eigenvalue weighted by molar-refractivity contribution is 0.0976. The predicted molar refractivity (Wildman–Crippen MR) is 89.1 cm³/mol. The molecule has 2 aromatic carbocycles. The Bertz CT molecular complexity index is 599. The van der Waals surface area contributed by atoms with Crippen LogP contribution in [-0.2, 0) is 0 Å². The number of rotatable bonds is 4. The first-order valence-corrected chi connectivity index (χ1v) is 7.33. The van der Waals surface area contributed by atoms with Crippen LogP contribution < -0.4 is 10.6 Å². The lowest BCUT2D eigenvalue weighted by Crippen LogP contribution is -2.40. The average molecular weight is 298 g/mol. The van der Waals surface area contributed by atoms with Crippen molar-refractivity contribution in [2.24, 2.45) is 0 Å². The summed E-state index contributed by atoms with van der Waals surface area (Å²) in [5.41, 5.74) is 1.74. The molecule has 2 N–H and O–H groups in total. The molecule has 0 spiro atoms. The minimum Gasteiger partial charge on any atom is -0.356 e. The van der Waals surface area contributed by atoms with Gasteiger partial charge in [0, 0.05) is 5.56 Å². The fourth-order valence-corrected chi connectivity index (χ4v) is 2.30. The Kier molecular flexibility index (Phi) is 5.46. The van der Waals surface area contributed by atoms with Crippen LogP contribution >= 0.6 is 12.2 Å². The third kappa shape index (κ3) is 4.39. The quantitative estimate of drug-likeness (QED) is 0.850. The summed E-state index contributed by atoms with van der Waals surface area (Å²) < 4.78 is 0. The molecule has 0 aromatic heterocycles. The van der Waals surface area contributed by atoms with Gasteiger partial charge in [0.15, 0.2) is 5.11 Å². The first-order valence-electron chi connectivity index (χ1n) is 6.92. The van der Waals surface area contributed by atoms with E-state index < -0.39 is 0 Å². The van der Waals surface area contributed by atoms with Crippen LogP contribution in [0.3, 0.4) is 0 Å². The summed E-state index contributed by atoms with van der Waals surface area (Å²) in [6.07, 6.45) is 0.880. The zero-order valence-corrected chi connectivity index (χ0v) is 12.7. The number of hydrogen-bond acceptors (Lipinski definition) is 2. The highest BCUT2D eigenvalue weighted by atomic mass is 32.1. The van der Waals surface area contributed by atoms with Crippen LogP contribution in [0.25, 0.3) is 0 Å². The van der Waals surface area contributed by atoms with Crippen LogP contribution in [0, 0.1) is 0 Å². The maximum Gasteiger partial charge on any atom is 0.257 e. The van der Waals surface area contributed by atoms with E-state index in [0.717, 1.165) is 12.0 Å². The highest BCUT2D eigenvalue weighted by Gasteiger charge is 2.12. The SMILES string of the molecule is CCC(NC(=S)NC(=O)c1ccccc1)c1ccccc1. The zero-order chi connectivity index (χ0) is 15.1. The molecule has 0 bridgehead atoms. The molecule has 0 saturated heterocycles. The van der Waals surface area contributed by atoms with E-state index in [2.05, 4.69) is 17.6 Å². The second-order valence-electron chi connectivity index (χ2n) is 4.67. The molecule has 0 aliphatic carbocycles. The number of nitrogens with one attached hydrogen (secondary N) is 2. The highest BCUT2D eigenvalue weighted by Crippen LogP contribution is 2.15. The van der Waals surface area contributed by atoms with Gasteiger partial charge in [-0.1, -0.05) is 55.5 Å². The van der Waals surface area contributed by atoms with E-state index >= 15 is 0 Å². The van der Waals surface area contributed by atoms with Crippen LogP contribution in [0.15, 0.2) is 60.7 Å². The number of amides is 1. The molecule has 2 rings (SSSR count). The Labute approximate surface area is 130 Å². The fraction of sp³-hybridized carbons (Fsp3) is 0.176. The van der Waals surface area contributed by atoms with Gasteiger partial charge in [0.2, 0.25) is 0 Å². The number of hydrogen-bond donors (Lipinski definition) is 2. The van der Waals surface area contributed by atoms with E-state index in [9.17, 15) is 4.79 Å².